The first-order valence-corrected chi connectivity index (χ1v) is 6.57. The molecule has 0 radical (unpaired) electrons. The number of nitro benzene ring substituents is 1. The molecule has 0 spiro atoms. The van der Waals surface area contributed by atoms with E-state index in [4.69, 9.17) is 6.57 Å². The highest BCUT2D eigenvalue weighted by Crippen LogP contribution is 2.28. The number of nitrogens with zero attached hydrogens (tertiary/aromatic N) is 2. The predicted molar refractivity (Wildman–Crippen MR) is 86.1 cm³/mol. The molecule has 2 rings (SSSR count). The highest BCUT2D eigenvalue weighted by atomic mass is 16.6. The lowest BCUT2D eigenvalue weighted by molar-refractivity contribution is -0.383. The summed E-state index contributed by atoms with van der Waals surface area (Å²) in [6.45, 7) is 7.01. The van der Waals surface area contributed by atoms with Crippen molar-refractivity contribution in [1.82, 2.24) is 0 Å². The lowest BCUT2D eigenvalue weighted by Crippen LogP contribution is -2.00. The molecule has 0 saturated heterocycles. The Bertz CT molecular complexity index is 817. The van der Waals surface area contributed by atoms with Gasteiger partial charge in [-0.25, -0.2) is 9.64 Å². The maximum Gasteiger partial charge on any atom is 0.337 e. The van der Waals surface area contributed by atoms with Gasteiger partial charge in [-0.2, -0.15) is 0 Å². The van der Waals surface area contributed by atoms with Crippen LogP contribution in [0.3, 0.4) is 0 Å². The fourth-order valence-electron chi connectivity index (χ4n) is 1.93. The first-order valence-electron chi connectivity index (χ1n) is 6.57. The molecule has 6 nitrogen and oxygen atoms in total. The Morgan fingerprint density at radius 2 is 1.78 bits per heavy atom. The minimum absolute atomic E-state index is 0.00168. The van der Waals surface area contributed by atoms with Gasteiger partial charge < -0.3 is 4.74 Å². The Morgan fingerprint density at radius 1 is 1.17 bits per heavy atom. The number of ether oxygens (including phenoxy) is 1. The largest absolute Gasteiger partial charge is 0.465 e. The molecule has 0 aliphatic rings. The zero-order valence-electron chi connectivity index (χ0n) is 12.2. The standard InChI is InChI=1S/C17H12N2O4/c1-18-15-11-13(7-10-16(15)19(21)22)4-3-12-5-8-14(9-6-12)17(20)23-2/h3-11H,2H3. The zero-order chi connectivity index (χ0) is 16.8. The molecule has 0 fully saturated rings. The average Bonchev–Trinajstić information content (AvgIpc) is 2.59. The van der Waals surface area contributed by atoms with Gasteiger partial charge in [0.1, 0.15) is 0 Å². The van der Waals surface area contributed by atoms with Crippen LogP contribution in [-0.4, -0.2) is 18.0 Å². The van der Waals surface area contributed by atoms with Gasteiger partial charge in [0.05, 0.1) is 24.2 Å². The van der Waals surface area contributed by atoms with Gasteiger partial charge in [0.15, 0.2) is 0 Å². The molecule has 2 aromatic rings. The molecule has 0 amide bonds. The SMILES string of the molecule is [C-]#[N+]c1cc(C=Cc2ccc(C(=O)OC)cc2)ccc1[N+](=O)[O-]. The Hall–Kier alpha value is -3.46. The third-order valence-corrected chi connectivity index (χ3v) is 3.12. The van der Waals surface area contributed by atoms with Crippen molar-refractivity contribution >= 4 is 29.5 Å². The highest BCUT2D eigenvalue weighted by Gasteiger charge is 2.13. The van der Waals surface area contributed by atoms with Gasteiger partial charge in [0, 0.05) is 6.07 Å². The molecular weight excluding hydrogens is 296 g/mol. The maximum absolute atomic E-state index is 11.3. The lowest BCUT2D eigenvalue weighted by Gasteiger charge is -2.00. The summed E-state index contributed by atoms with van der Waals surface area (Å²) in [7, 11) is 1.32. The quantitative estimate of drug-likeness (QED) is 0.280. The van der Waals surface area contributed by atoms with Crippen LogP contribution in [0.5, 0.6) is 0 Å². The van der Waals surface area contributed by atoms with E-state index in [0.29, 0.717) is 11.1 Å². The van der Waals surface area contributed by atoms with Gasteiger partial charge >= 0.3 is 5.97 Å². The summed E-state index contributed by atoms with van der Waals surface area (Å²) in [5.74, 6) is -0.405. The van der Waals surface area contributed by atoms with Crippen molar-refractivity contribution in [1.29, 1.82) is 0 Å². The van der Waals surface area contributed by atoms with Gasteiger partial charge in [0.25, 0.3) is 11.4 Å². The van der Waals surface area contributed by atoms with E-state index in [9.17, 15) is 14.9 Å². The molecule has 0 unspecified atom stereocenters. The summed E-state index contributed by atoms with van der Waals surface area (Å²) in [6.07, 6.45) is 3.53. The second-order valence-electron chi connectivity index (χ2n) is 4.56. The number of rotatable bonds is 4. The summed E-state index contributed by atoms with van der Waals surface area (Å²) in [4.78, 5) is 24.7. The number of hydrogen-bond donors (Lipinski definition) is 0. The molecule has 0 N–H and O–H groups in total. The normalized spacial score (nSPS) is 10.3. The number of nitro groups is 1. The van der Waals surface area contributed by atoms with Crippen LogP contribution in [0.25, 0.3) is 17.0 Å². The van der Waals surface area contributed by atoms with E-state index >= 15 is 0 Å². The lowest BCUT2D eigenvalue weighted by atomic mass is 10.1. The van der Waals surface area contributed by atoms with Crippen LogP contribution in [0.1, 0.15) is 21.5 Å². The second-order valence-corrected chi connectivity index (χ2v) is 4.56. The monoisotopic (exact) mass is 308 g/mol. The van der Waals surface area contributed by atoms with Crippen molar-refractivity contribution in [3.8, 4) is 0 Å². The molecule has 0 aromatic heterocycles. The van der Waals surface area contributed by atoms with Crippen LogP contribution in [0.4, 0.5) is 11.4 Å². The minimum atomic E-state index is -0.577. The Morgan fingerprint density at radius 3 is 2.35 bits per heavy atom. The van der Waals surface area contributed by atoms with Gasteiger partial charge in [-0.1, -0.05) is 30.4 Å². The molecule has 114 valence electrons. The topological polar surface area (TPSA) is 73.8 Å². The minimum Gasteiger partial charge on any atom is -0.465 e. The molecule has 6 heteroatoms. The average molecular weight is 308 g/mol. The maximum atomic E-state index is 11.3. The fraction of sp³-hybridized carbons (Fsp3) is 0.0588. The van der Waals surface area contributed by atoms with E-state index in [0.717, 1.165) is 5.56 Å². The van der Waals surface area contributed by atoms with Crippen LogP contribution in [0.15, 0.2) is 42.5 Å². The smallest absolute Gasteiger partial charge is 0.337 e. The Balaban J connectivity index is 2.22. The van der Waals surface area contributed by atoms with Crippen LogP contribution >= 0.6 is 0 Å². The third-order valence-electron chi connectivity index (χ3n) is 3.12. The summed E-state index contributed by atoms with van der Waals surface area (Å²) in [6, 6.07) is 11.1. The van der Waals surface area contributed by atoms with Crippen LogP contribution < -0.4 is 0 Å². The van der Waals surface area contributed by atoms with Crippen molar-refractivity contribution in [3.63, 3.8) is 0 Å². The van der Waals surface area contributed by atoms with Gasteiger partial charge in [-0.15, -0.1) is 0 Å². The molecule has 0 atom stereocenters. The van der Waals surface area contributed by atoms with E-state index in [1.54, 1.807) is 42.5 Å². The number of carbonyl (C=O) groups is 1. The molecule has 0 aliphatic heterocycles. The number of hydrogen-bond acceptors (Lipinski definition) is 4. The highest BCUT2D eigenvalue weighted by molar-refractivity contribution is 5.89. The Kier molecular flexibility index (Phi) is 4.85. The van der Waals surface area contributed by atoms with Gasteiger partial charge in [0.2, 0.25) is 0 Å². The zero-order valence-corrected chi connectivity index (χ0v) is 12.2. The van der Waals surface area contributed by atoms with Crippen LogP contribution in [0, 0.1) is 16.7 Å². The molecule has 0 aliphatic carbocycles. The van der Waals surface area contributed by atoms with Crippen molar-refractivity contribution in [2.24, 2.45) is 0 Å². The first kappa shape index (κ1) is 15.9. The van der Waals surface area contributed by atoms with Crippen molar-refractivity contribution in [2.45, 2.75) is 0 Å². The number of benzene rings is 2. The van der Waals surface area contributed by atoms with Crippen molar-refractivity contribution < 1.29 is 14.5 Å². The molecule has 0 bridgehead atoms. The third kappa shape index (κ3) is 3.80. The molecule has 0 saturated carbocycles. The Labute approximate surface area is 132 Å². The van der Waals surface area contributed by atoms with Gasteiger partial charge in [-0.05, 0) is 29.3 Å². The number of carbonyl (C=O) groups excluding carboxylic acids is 1. The summed E-state index contributed by atoms with van der Waals surface area (Å²) >= 11 is 0. The van der Waals surface area contributed by atoms with E-state index < -0.39 is 10.9 Å². The number of esters is 1. The fourth-order valence-corrected chi connectivity index (χ4v) is 1.93. The molecule has 23 heavy (non-hydrogen) atoms. The summed E-state index contributed by atoms with van der Waals surface area (Å²) in [5, 5.41) is 10.8. The first-order chi connectivity index (χ1) is 11.0. The molecule has 2 aromatic carbocycles. The summed E-state index contributed by atoms with van der Waals surface area (Å²) < 4.78 is 4.62. The van der Waals surface area contributed by atoms with E-state index in [1.807, 2.05) is 0 Å². The van der Waals surface area contributed by atoms with E-state index in [-0.39, 0.29) is 11.4 Å². The van der Waals surface area contributed by atoms with Gasteiger partial charge in [-0.3, -0.25) is 10.1 Å². The number of methoxy groups -OCH3 is 1. The van der Waals surface area contributed by atoms with Crippen LogP contribution in [-0.2, 0) is 4.74 Å². The predicted octanol–water partition coefficient (Wildman–Crippen LogP) is 4.10. The van der Waals surface area contributed by atoms with Crippen LogP contribution in [0.2, 0.25) is 0 Å². The van der Waals surface area contributed by atoms with Crippen molar-refractivity contribution in [3.05, 3.63) is 80.7 Å². The molecular formula is C17H12N2O4. The molecule has 0 heterocycles. The van der Waals surface area contributed by atoms with E-state index in [1.165, 1.54) is 19.2 Å². The van der Waals surface area contributed by atoms with E-state index in [2.05, 4.69) is 9.58 Å². The second kappa shape index (κ2) is 7.00. The summed E-state index contributed by atoms with van der Waals surface area (Å²) in [5.41, 5.74) is 1.77. The van der Waals surface area contributed by atoms with Crippen molar-refractivity contribution in [2.75, 3.05) is 7.11 Å².